The molecule has 1 aromatic carbocycles. The maximum atomic E-state index is 13.0. The van der Waals surface area contributed by atoms with E-state index in [2.05, 4.69) is 5.43 Å². The Hall–Kier alpha value is -1.23. The quantitative estimate of drug-likeness (QED) is 0.618. The summed E-state index contributed by atoms with van der Waals surface area (Å²) >= 11 is 1.59. The molecule has 0 aliphatic rings. The predicted octanol–water partition coefficient (Wildman–Crippen LogP) is 2.44. The standard InChI is InChI=1S/C11H11FN2S/c12-9-4-1-3-8(7-9)11(14-13)10-5-2-6-15-10/h1-7,11,14H,13H2. The molecule has 0 bridgehead atoms. The van der Waals surface area contributed by atoms with Gasteiger partial charge in [0.05, 0.1) is 6.04 Å². The van der Waals surface area contributed by atoms with E-state index in [4.69, 9.17) is 5.84 Å². The Bertz CT molecular complexity index is 428. The summed E-state index contributed by atoms with van der Waals surface area (Å²) in [7, 11) is 0. The molecule has 0 fully saturated rings. The molecule has 0 aliphatic heterocycles. The summed E-state index contributed by atoms with van der Waals surface area (Å²) < 4.78 is 13.0. The molecule has 2 aromatic rings. The molecule has 2 rings (SSSR count). The highest BCUT2D eigenvalue weighted by molar-refractivity contribution is 7.10. The van der Waals surface area contributed by atoms with E-state index in [1.165, 1.54) is 12.1 Å². The van der Waals surface area contributed by atoms with Gasteiger partial charge in [-0.2, -0.15) is 0 Å². The van der Waals surface area contributed by atoms with Gasteiger partial charge in [-0.15, -0.1) is 11.3 Å². The van der Waals surface area contributed by atoms with Crippen LogP contribution in [0.4, 0.5) is 4.39 Å². The largest absolute Gasteiger partial charge is 0.271 e. The minimum absolute atomic E-state index is 0.138. The second-order valence-corrected chi connectivity index (χ2v) is 4.15. The molecule has 15 heavy (non-hydrogen) atoms. The summed E-state index contributed by atoms with van der Waals surface area (Å²) in [6, 6.07) is 10.2. The molecule has 0 spiro atoms. The number of hydrazine groups is 1. The van der Waals surface area contributed by atoms with Crippen LogP contribution in [0, 0.1) is 5.82 Å². The van der Waals surface area contributed by atoms with Gasteiger partial charge >= 0.3 is 0 Å². The third kappa shape index (κ3) is 2.23. The van der Waals surface area contributed by atoms with Crippen molar-refractivity contribution < 1.29 is 4.39 Å². The molecule has 4 heteroatoms. The van der Waals surface area contributed by atoms with Crippen LogP contribution in [0.25, 0.3) is 0 Å². The number of rotatable bonds is 3. The average molecular weight is 222 g/mol. The zero-order valence-corrected chi connectivity index (χ0v) is 8.80. The molecule has 1 unspecified atom stereocenters. The third-order valence-electron chi connectivity index (χ3n) is 2.18. The smallest absolute Gasteiger partial charge is 0.123 e. The fourth-order valence-electron chi connectivity index (χ4n) is 1.48. The first kappa shape index (κ1) is 10.3. The first-order valence-electron chi connectivity index (χ1n) is 4.56. The lowest BCUT2D eigenvalue weighted by Crippen LogP contribution is -2.28. The molecule has 2 nitrogen and oxygen atoms in total. The monoisotopic (exact) mass is 222 g/mol. The SMILES string of the molecule is NNC(c1cccc(F)c1)c1cccs1. The van der Waals surface area contributed by atoms with Gasteiger partial charge < -0.3 is 0 Å². The minimum atomic E-state index is -0.246. The van der Waals surface area contributed by atoms with Crippen molar-refractivity contribution in [2.45, 2.75) is 6.04 Å². The highest BCUT2D eigenvalue weighted by atomic mass is 32.1. The second kappa shape index (κ2) is 4.53. The number of nitrogens with two attached hydrogens (primary N) is 1. The molecule has 1 heterocycles. The van der Waals surface area contributed by atoms with Crippen molar-refractivity contribution >= 4 is 11.3 Å². The predicted molar refractivity (Wildman–Crippen MR) is 59.9 cm³/mol. The summed E-state index contributed by atoms with van der Waals surface area (Å²) in [5.74, 6) is 5.23. The van der Waals surface area contributed by atoms with Crippen LogP contribution in [-0.4, -0.2) is 0 Å². The van der Waals surface area contributed by atoms with E-state index >= 15 is 0 Å². The molecule has 1 aromatic heterocycles. The van der Waals surface area contributed by atoms with E-state index in [1.807, 2.05) is 23.6 Å². The Balaban J connectivity index is 2.35. The van der Waals surface area contributed by atoms with Crippen molar-refractivity contribution in [2.24, 2.45) is 5.84 Å². The number of thiophene rings is 1. The summed E-state index contributed by atoms with van der Waals surface area (Å²) in [5.41, 5.74) is 3.53. The lowest BCUT2D eigenvalue weighted by Gasteiger charge is -2.14. The first-order valence-corrected chi connectivity index (χ1v) is 5.44. The fraction of sp³-hybridized carbons (Fsp3) is 0.0909. The van der Waals surface area contributed by atoms with Crippen LogP contribution in [-0.2, 0) is 0 Å². The fourth-order valence-corrected chi connectivity index (χ4v) is 2.30. The summed E-state index contributed by atoms with van der Waals surface area (Å²) in [4.78, 5) is 1.07. The molecule has 78 valence electrons. The molecular weight excluding hydrogens is 211 g/mol. The van der Waals surface area contributed by atoms with Crippen LogP contribution in [0.3, 0.4) is 0 Å². The molecule has 3 N–H and O–H groups in total. The number of hydrogen-bond donors (Lipinski definition) is 2. The van der Waals surface area contributed by atoms with Crippen LogP contribution >= 0.6 is 11.3 Å². The summed E-state index contributed by atoms with van der Waals surface area (Å²) in [6.07, 6.45) is 0. The molecule has 0 aliphatic carbocycles. The zero-order valence-electron chi connectivity index (χ0n) is 7.98. The van der Waals surface area contributed by atoms with E-state index in [1.54, 1.807) is 17.4 Å². The lowest BCUT2D eigenvalue weighted by molar-refractivity contribution is 0.609. The van der Waals surface area contributed by atoms with Crippen molar-refractivity contribution in [3.63, 3.8) is 0 Å². The Morgan fingerprint density at radius 2 is 2.13 bits per heavy atom. The van der Waals surface area contributed by atoms with Gasteiger partial charge in [0.15, 0.2) is 0 Å². The van der Waals surface area contributed by atoms with E-state index < -0.39 is 0 Å². The molecule has 0 saturated carbocycles. The Kier molecular flexibility index (Phi) is 3.11. The van der Waals surface area contributed by atoms with E-state index in [-0.39, 0.29) is 11.9 Å². The van der Waals surface area contributed by atoms with E-state index in [9.17, 15) is 4.39 Å². The Morgan fingerprint density at radius 3 is 2.73 bits per heavy atom. The molecule has 0 saturated heterocycles. The molecule has 0 amide bonds. The second-order valence-electron chi connectivity index (χ2n) is 3.17. The number of hydrogen-bond acceptors (Lipinski definition) is 3. The van der Waals surface area contributed by atoms with Crippen LogP contribution < -0.4 is 11.3 Å². The highest BCUT2D eigenvalue weighted by Crippen LogP contribution is 2.25. The molecule has 1 atom stereocenters. The maximum absolute atomic E-state index is 13.0. The van der Waals surface area contributed by atoms with Crippen molar-refractivity contribution in [1.29, 1.82) is 0 Å². The summed E-state index contributed by atoms with van der Waals surface area (Å²) in [5, 5.41) is 1.97. The Labute approximate surface area is 91.5 Å². The number of nitrogens with one attached hydrogen (secondary N) is 1. The van der Waals surface area contributed by atoms with Gasteiger partial charge in [-0.05, 0) is 29.1 Å². The van der Waals surface area contributed by atoms with Crippen molar-refractivity contribution in [1.82, 2.24) is 5.43 Å². The maximum Gasteiger partial charge on any atom is 0.123 e. The van der Waals surface area contributed by atoms with Crippen LogP contribution in [0.1, 0.15) is 16.5 Å². The van der Waals surface area contributed by atoms with Crippen LogP contribution in [0.15, 0.2) is 41.8 Å². The van der Waals surface area contributed by atoms with E-state index in [0.717, 1.165) is 10.4 Å². The lowest BCUT2D eigenvalue weighted by atomic mass is 10.1. The van der Waals surface area contributed by atoms with Crippen molar-refractivity contribution in [2.75, 3.05) is 0 Å². The zero-order chi connectivity index (χ0) is 10.7. The number of halogens is 1. The average Bonchev–Trinajstić information content (AvgIpc) is 2.72. The minimum Gasteiger partial charge on any atom is -0.271 e. The molecular formula is C11H11FN2S. The van der Waals surface area contributed by atoms with Crippen LogP contribution in [0.2, 0.25) is 0 Å². The van der Waals surface area contributed by atoms with Gasteiger partial charge in [-0.25, -0.2) is 9.82 Å². The van der Waals surface area contributed by atoms with E-state index in [0.29, 0.717) is 0 Å². The van der Waals surface area contributed by atoms with Gasteiger partial charge in [0.2, 0.25) is 0 Å². The van der Waals surface area contributed by atoms with Crippen molar-refractivity contribution in [3.8, 4) is 0 Å². The van der Waals surface area contributed by atoms with Gasteiger partial charge in [-0.3, -0.25) is 5.84 Å². The van der Waals surface area contributed by atoms with Gasteiger partial charge in [0.25, 0.3) is 0 Å². The van der Waals surface area contributed by atoms with Gasteiger partial charge in [0, 0.05) is 4.88 Å². The Morgan fingerprint density at radius 1 is 1.27 bits per heavy atom. The number of benzene rings is 1. The molecule has 0 radical (unpaired) electrons. The van der Waals surface area contributed by atoms with Crippen molar-refractivity contribution in [3.05, 3.63) is 58.0 Å². The van der Waals surface area contributed by atoms with Crippen LogP contribution in [0.5, 0.6) is 0 Å². The third-order valence-corrected chi connectivity index (χ3v) is 3.11. The normalized spacial score (nSPS) is 12.7. The summed E-state index contributed by atoms with van der Waals surface area (Å²) in [6.45, 7) is 0. The topological polar surface area (TPSA) is 38.0 Å². The van der Waals surface area contributed by atoms with Gasteiger partial charge in [-0.1, -0.05) is 18.2 Å². The first-order chi connectivity index (χ1) is 7.31. The van der Waals surface area contributed by atoms with Gasteiger partial charge in [0.1, 0.15) is 5.82 Å². The highest BCUT2D eigenvalue weighted by Gasteiger charge is 2.13.